The predicted octanol–water partition coefficient (Wildman–Crippen LogP) is 1.35. The zero-order valence-electron chi connectivity index (χ0n) is 14.9. The fourth-order valence-corrected chi connectivity index (χ4v) is 5.09. The van der Waals surface area contributed by atoms with Gasteiger partial charge >= 0.3 is 0 Å². The average Bonchev–Trinajstić information content (AvgIpc) is 3.00. The first kappa shape index (κ1) is 18.4. The van der Waals surface area contributed by atoms with E-state index in [2.05, 4.69) is 12.2 Å². The Balaban J connectivity index is 1.76. The number of carbonyl (C=O) groups excluding carboxylic acids is 1. The molecule has 1 N–H and O–H groups in total. The van der Waals surface area contributed by atoms with Gasteiger partial charge in [-0.3, -0.25) is 4.79 Å². The molecule has 0 spiro atoms. The summed E-state index contributed by atoms with van der Waals surface area (Å²) in [6.45, 7) is 3.65. The van der Waals surface area contributed by atoms with Gasteiger partial charge in [-0.05, 0) is 24.8 Å². The van der Waals surface area contributed by atoms with Crippen LogP contribution in [0, 0.1) is 5.92 Å². The summed E-state index contributed by atoms with van der Waals surface area (Å²) in [5.74, 6) is 0.249. The normalized spacial score (nSPS) is 25.7. The van der Waals surface area contributed by atoms with Crippen LogP contribution >= 0.6 is 0 Å². The highest BCUT2D eigenvalue weighted by molar-refractivity contribution is 7.89. The van der Waals surface area contributed by atoms with Gasteiger partial charge in [0.1, 0.15) is 10.6 Å². The topological polar surface area (TPSA) is 80.6 Å². The quantitative estimate of drug-likeness (QED) is 0.869. The minimum atomic E-state index is -3.59. The number of hydrogen-bond donors (Lipinski definition) is 1. The number of carbonyl (C=O) groups is 1. The van der Waals surface area contributed by atoms with E-state index < -0.39 is 10.0 Å². The van der Waals surface area contributed by atoms with E-state index in [0.29, 0.717) is 37.9 Å². The molecule has 0 aromatic carbocycles. The summed E-state index contributed by atoms with van der Waals surface area (Å²) in [4.78, 5) is 12.8. The Morgan fingerprint density at radius 3 is 2.60 bits per heavy atom. The summed E-state index contributed by atoms with van der Waals surface area (Å²) >= 11 is 0. The van der Waals surface area contributed by atoms with Gasteiger partial charge in [0.25, 0.3) is 5.91 Å². The lowest BCUT2D eigenvalue weighted by Gasteiger charge is -2.29. The van der Waals surface area contributed by atoms with E-state index in [0.717, 1.165) is 19.3 Å². The molecule has 1 saturated heterocycles. The Bertz CT molecular complexity index is 722. The average molecular weight is 369 g/mol. The maximum Gasteiger partial charge on any atom is 0.268 e. The van der Waals surface area contributed by atoms with Crippen LogP contribution in [0.15, 0.2) is 17.2 Å². The van der Waals surface area contributed by atoms with E-state index in [4.69, 9.17) is 4.74 Å². The number of nitrogens with one attached hydrogen (secondary N) is 1. The van der Waals surface area contributed by atoms with Crippen LogP contribution in [0.4, 0.5) is 0 Å². The summed E-state index contributed by atoms with van der Waals surface area (Å²) in [5.41, 5.74) is 0.379. The van der Waals surface area contributed by atoms with E-state index in [-0.39, 0.29) is 16.8 Å². The highest BCUT2D eigenvalue weighted by Crippen LogP contribution is 2.25. The first-order valence-electron chi connectivity index (χ1n) is 8.94. The number of rotatable bonds is 4. The van der Waals surface area contributed by atoms with E-state index in [1.807, 2.05) is 0 Å². The second-order valence-electron chi connectivity index (χ2n) is 7.03. The third-order valence-electron chi connectivity index (χ3n) is 5.25. The van der Waals surface area contributed by atoms with Crippen LogP contribution in [0.25, 0.3) is 0 Å². The van der Waals surface area contributed by atoms with Crippen LogP contribution in [-0.4, -0.2) is 55.5 Å². The minimum Gasteiger partial charge on any atom is -0.379 e. The molecule has 2 heterocycles. The lowest BCUT2D eigenvalue weighted by atomic mass is 9.86. The van der Waals surface area contributed by atoms with E-state index in [1.54, 1.807) is 11.6 Å². The van der Waals surface area contributed by atoms with Crippen LogP contribution in [0.1, 0.15) is 43.1 Å². The van der Waals surface area contributed by atoms with Gasteiger partial charge in [0, 0.05) is 32.4 Å². The largest absolute Gasteiger partial charge is 0.379 e. The molecule has 1 amide bonds. The van der Waals surface area contributed by atoms with Gasteiger partial charge in [-0.25, -0.2) is 8.42 Å². The number of ether oxygens (including phenoxy) is 1. The van der Waals surface area contributed by atoms with Gasteiger partial charge in [0.15, 0.2) is 0 Å². The van der Waals surface area contributed by atoms with Crippen LogP contribution in [0.3, 0.4) is 0 Å². The molecular formula is C17H27N3O4S. The summed E-state index contributed by atoms with van der Waals surface area (Å²) in [5, 5.41) is 3.08. The zero-order chi connectivity index (χ0) is 18.0. The maximum atomic E-state index is 12.7. The van der Waals surface area contributed by atoms with Crippen LogP contribution < -0.4 is 5.32 Å². The van der Waals surface area contributed by atoms with Crippen molar-refractivity contribution in [2.75, 3.05) is 26.3 Å². The molecule has 8 heteroatoms. The molecule has 0 bridgehead atoms. The SMILES string of the molecule is CC1CCCCC1NC(=O)c1cc(S(=O)(=O)N2CCOCC2)cn1C. The highest BCUT2D eigenvalue weighted by Gasteiger charge is 2.30. The first-order chi connectivity index (χ1) is 11.9. The number of aryl methyl sites for hydroxylation is 1. The smallest absolute Gasteiger partial charge is 0.268 e. The van der Waals surface area contributed by atoms with Crippen molar-refractivity contribution in [2.24, 2.45) is 13.0 Å². The standard InChI is InChI=1S/C17H27N3O4S/c1-13-5-3-4-6-15(13)18-17(21)16-11-14(12-19(16)2)25(22,23)20-7-9-24-10-8-20/h11-13,15H,3-10H2,1-2H3,(H,18,21). The van der Waals surface area contributed by atoms with Crippen molar-refractivity contribution in [1.82, 2.24) is 14.2 Å². The summed E-state index contributed by atoms with van der Waals surface area (Å²) in [6.07, 6.45) is 5.95. The number of nitrogens with zero attached hydrogens (tertiary/aromatic N) is 2. The lowest BCUT2D eigenvalue weighted by Crippen LogP contribution is -2.41. The third kappa shape index (κ3) is 3.91. The Morgan fingerprint density at radius 1 is 1.24 bits per heavy atom. The Labute approximate surface area is 149 Å². The molecule has 3 rings (SSSR count). The minimum absolute atomic E-state index is 0.162. The van der Waals surface area contributed by atoms with Crippen LogP contribution in [-0.2, 0) is 21.8 Å². The van der Waals surface area contributed by atoms with Crippen LogP contribution in [0.5, 0.6) is 0 Å². The number of morpholine rings is 1. The molecule has 1 aliphatic carbocycles. The van der Waals surface area contributed by atoms with Gasteiger partial charge in [0.05, 0.1) is 13.2 Å². The van der Waals surface area contributed by atoms with Crippen molar-refractivity contribution in [3.05, 3.63) is 18.0 Å². The van der Waals surface area contributed by atoms with E-state index >= 15 is 0 Å². The summed E-state index contributed by atoms with van der Waals surface area (Å²) < 4.78 is 33.7. The van der Waals surface area contributed by atoms with Crippen molar-refractivity contribution in [3.63, 3.8) is 0 Å². The fourth-order valence-electron chi connectivity index (χ4n) is 3.61. The van der Waals surface area contributed by atoms with E-state index in [9.17, 15) is 13.2 Å². The van der Waals surface area contributed by atoms with E-state index in [1.165, 1.54) is 23.0 Å². The van der Waals surface area contributed by atoms with Crippen LogP contribution in [0.2, 0.25) is 0 Å². The molecule has 1 aliphatic heterocycles. The predicted molar refractivity (Wildman–Crippen MR) is 93.9 cm³/mol. The van der Waals surface area contributed by atoms with Crippen molar-refractivity contribution in [1.29, 1.82) is 0 Å². The van der Waals surface area contributed by atoms with Gasteiger partial charge in [0.2, 0.25) is 10.0 Å². The third-order valence-corrected chi connectivity index (χ3v) is 7.11. The van der Waals surface area contributed by atoms with Crippen molar-refractivity contribution in [2.45, 2.75) is 43.5 Å². The van der Waals surface area contributed by atoms with Gasteiger partial charge in [-0.2, -0.15) is 4.31 Å². The molecule has 25 heavy (non-hydrogen) atoms. The molecule has 7 nitrogen and oxygen atoms in total. The Kier molecular flexibility index (Phi) is 5.50. The molecule has 1 aromatic heterocycles. The number of hydrogen-bond acceptors (Lipinski definition) is 4. The molecule has 1 aromatic rings. The molecule has 2 fully saturated rings. The van der Waals surface area contributed by atoms with Crippen molar-refractivity contribution >= 4 is 15.9 Å². The molecular weight excluding hydrogens is 342 g/mol. The molecule has 140 valence electrons. The van der Waals surface area contributed by atoms with Crippen molar-refractivity contribution in [3.8, 4) is 0 Å². The van der Waals surface area contributed by atoms with Gasteiger partial charge in [-0.15, -0.1) is 0 Å². The molecule has 2 unspecified atom stereocenters. The van der Waals surface area contributed by atoms with Crippen molar-refractivity contribution < 1.29 is 17.9 Å². The molecule has 2 aliphatic rings. The molecule has 1 saturated carbocycles. The number of amides is 1. The lowest BCUT2D eigenvalue weighted by molar-refractivity contribution is 0.0730. The Morgan fingerprint density at radius 2 is 1.92 bits per heavy atom. The van der Waals surface area contributed by atoms with Gasteiger partial charge in [-0.1, -0.05) is 19.8 Å². The molecule has 2 atom stereocenters. The summed E-state index contributed by atoms with van der Waals surface area (Å²) in [7, 11) is -1.88. The zero-order valence-corrected chi connectivity index (χ0v) is 15.7. The summed E-state index contributed by atoms with van der Waals surface area (Å²) in [6, 6.07) is 1.64. The fraction of sp³-hybridized carbons (Fsp3) is 0.706. The second kappa shape index (κ2) is 7.47. The molecule has 0 radical (unpaired) electrons. The number of sulfonamides is 1. The van der Waals surface area contributed by atoms with Gasteiger partial charge < -0.3 is 14.6 Å². The number of aromatic nitrogens is 1. The highest BCUT2D eigenvalue weighted by atomic mass is 32.2. The maximum absolute atomic E-state index is 12.7. The monoisotopic (exact) mass is 369 g/mol. The Hall–Kier alpha value is -1.38. The second-order valence-corrected chi connectivity index (χ2v) is 8.97. The first-order valence-corrected chi connectivity index (χ1v) is 10.4.